The third-order valence-corrected chi connectivity index (χ3v) is 2.70. The Morgan fingerprint density at radius 2 is 1.89 bits per heavy atom. The fourth-order valence-corrected chi connectivity index (χ4v) is 1.70. The van der Waals surface area contributed by atoms with Crippen molar-refractivity contribution in [3.8, 4) is 5.75 Å². The molecule has 19 heavy (non-hydrogen) atoms. The highest BCUT2D eigenvalue weighted by atomic mass is 19.1. The van der Waals surface area contributed by atoms with Gasteiger partial charge in [0.05, 0.1) is 0 Å². The molecule has 0 bridgehead atoms. The molecule has 3 nitrogen and oxygen atoms in total. The summed E-state index contributed by atoms with van der Waals surface area (Å²) in [6, 6.07) is 13.5. The zero-order valence-corrected chi connectivity index (χ0v) is 10.5. The quantitative estimate of drug-likeness (QED) is 0.832. The second-order valence-corrected chi connectivity index (χ2v) is 4.04. The van der Waals surface area contributed by atoms with Gasteiger partial charge in [0.25, 0.3) is 0 Å². The van der Waals surface area contributed by atoms with Gasteiger partial charge in [-0.05, 0) is 11.6 Å². The summed E-state index contributed by atoms with van der Waals surface area (Å²) < 4.78 is 23.6. The molecule has 2 rings (SSSR count). The smallest absolute Gasteiger partial charge is 0.489 e. The molecule has 0 fully saturated rings. The number of benzene rings is 2. The van der Waals surface area contributed by atoms with Crippen molar-refractivity contribution in [3.63, 3.8) is 0 Å². The van der Waals surface area contributed by atoms with E-state index in [9.17, 15) is 9.41 Å². The number of hydrogen-bond acceptors (Lipinski definition) is 3. The van der Waals surface area contributed by atoms with Gasteiger partial charge in [-0.1, -0.05) is 36.4 Å². The van der Waals surface area contributed by atoms with Crippen molar-refractivity contribution in [1.82, 2.24) is 0 Å². The first kappa shape index (κ1) is 13.6. The summed E-state index contributed by atoms with van der Waals surface area (Å²) in [5, 5.41) is 9.67. The van der Waals surface area contributed by atoms with E-state index < -0.39 is 12.9 Å². The van der Waals surface area contributed by atoms with E-state index in [1.165, 1.54) is 25.3 Å². The van der Waals surface area contributed by atoms with E-state index in [-0.39, 0.29) is 5.75 Å². The predicted molar refractivity (Wildman–Crippen MR) is 71.8 cm³/mol. The first-order chi connectivity index (χ1) is 9.20. The Labute approximate surface area is 111 Å². The van der Waals surface area contributed by atoms with Gasteiger partial charge in [0.15, 0.2) is 0 Å². The zero-order valence-electron chi connectivity index (χ0n) is 10.5. The lowest BCUT2D eigenvalue weighted by atomic mass is 9.79. The van der Waals surface area contributed by atoms with Crippen LogP contribution in [-0.4, -0.2) is 19.3 Å². The molecule has 0 atom stereocenters. The van der Waals surface area contributed by atoms with Gasteiger partial charge in [0.1, 0.15) is 18.2 Å². The molecule has 0 saturated carbocycles. The SMILES string of the molecule is COB(O)c1ccc(F)cc1OCc1ccccc1. The topological polar surface area (TPSA) is 38.7 Å². The predicted octanol–water partition coefficient (Wildman–Crippen LogP) is 1.74. The normalized spacial score (nSPS) is 10.3. The molecule has 5 heteroatoms. The number of hydrogen-bond donors (Lipinski definition) is 1. The van der Waals surface area contributed by atoms with Crippen LogP contribution < -0.4 is 10.2 Å². The molecule has 0 aliphatic carbocycles. The first-order valence-electron chi connectivity index (χ1n) is 5.87. The van der Waals surface area contributed by atoms with Crippen molar-refractivity contribution in [1.29, 1.82) is 0 Å². The Morgan fingerprint density at radius 1 is 1.16 bits per heavy atom. The maximum Gasteiger partial charge on any atom is 0.494 e. The highest BCUT2D eigenvalue weighted by Gasteiger charge is 2.20. The van der Waals surface area contributed by atoms with Gasteiger partial charge in [-0.15, -0.1) is 0 Å². The molecule has 0 aliphatic rings. The summed E-state index contributed by atoms with van der Waals surface area (Å²) in [7, 11) is 0.237. The summed E-state index contributed by atoms with van der Waals surface area (Å²) in [4.78, 5) is 0. The molecule has 0 radical (unpaired) electrons. The Bertz CT molecular complexity index is 533. The van der Waals surface area contributed by atoms with E-state index in [0.29, 0.717) is 12.1 Å². The van der Waals surface area contributed by atoms with Gasteiger partial charge in [0, 0.05) is 18.6 Å². The van der Waals surface area contributed by atoms with Crippen molar-refractivity contribution >= 4 is 12.6 Å². The summed E-state index contributed by atoms with van der Waals surface area (Å²) in [6.07, 6.45) is 0. The molecule has 0 saturated heterocycles. The van der Waals surface area contributed by atoms with Gasteiger partial charge in [-0.25, -0.2) is 4.39 Å². The lowest BCUT2D eigenvalue weighted by Gasteiger charge is -2.12. The maximum atomic E-state index is 13.2. The van der Waals surface area contributed by atoms with Crippen molar-refractivity contribution in [2.45, 2.75) is 6.61 Å². The summed E-state index contributed by atoms with van der Waals surface area (Å²) in [6.45, 7) is 0.299. The third-order valence-electron chi connectivity index (χ3n) is 2.70. The molecule has 1 N–H and O–H groups in total. The highest BCUT2D eigenvalue weighted by Crippen LogP contribution is 2.13. The van der Waals surface area contributed by atoms with E-state index >= 15 is 0 Å². The first-order valence-corrected chi connectivity index (χ1v) is 5.87. The Morgan fingerprint density at radius 3 is 2.58 bits per heavy atom. The maximum absolute atomic E-state index is 13.2. The minimum Gasteiger partial charge on any atom is -0.489 e. The van der Waals surface area contributed by atoms with Crippen molar-refractivity contribution in [3.05, 3.63) is 59.9 Å². The molecule has 0 aromatic heterocycles. The molecule has 0 spiro atoms. The van der Waals surface area contributed by atoms with Crippen molar-refractivity contribution in [2.24, 2.45) is 0 Å². The molecule has 0 unspecified atom stereocenters. The van der Waals surface area contributed by atoms with E-state index in [1.54, 1.807) is 0 Å². The Kier molecular flexibility index (Phi) is 4.55. The minimum absolute atomic E-state index is 0.276. The van der Waals surface area contributed by atoms with Crippen LogP contribution in [0.4, 0.5) is 4.39 Å². The standard InChI is InChI=1S/C14H14BFO3/c1-18-15(17)13-8-7-12(16)9-14(13)19-10-11-5-3-2-4-6-11/h2-9,17H,10H2,1H3. The number of ether oxygens (including phenoxy) is 1. The second-order valence-electron chi connectivity index (χ2n) is 4.04. The van der Waals surface area contributed by atoms with E-state index in [4.69, 9.17) is 9.39 Å². The minimum atomic E-state index is -1.13. The van der Waals surface area contributed by atoms with Gasteiger partial charge in [-0.3, -0.25) is 0 Å². The summed E-state index contributed by atoms with van der Waals surface area (Å²) >= 11 is 0. The van der Waals surface area contributed by atoms with E-state index in [1.807, 2.05) is 30.3 Å². The highest BCUT2D eigenvalue weighted by molar-refractivity contribution is 6.61. The largest absolute Gasteiger partial charge is 0.494 e. The van der Waals surface area contributed by atoms with Crippen LogP contribution in [0.1, 0.15) is 5.56 Å². The van der Waals surface area contributed by atoms with Crippen LogP contribution in [0.2, 0.25) is 0 Å². The Balaban J connectivity index is 2.16. The molecule has 0 heterocycles. The van der Waals surface area contributed by atoms with Gasteiger partial charge in [-0.2, -0.15) is 0 Å². The average Bonchev–Trinajstić information content (AvgIpc) is 2.45. The molecule has 0 amide bonds. The lowest BCUT2D eigenvalue weighted by molar-refractivity contribution is 0.301. The second kappa shape index (κ2) is 6.36. The third kappa shape index (κ3) is 3.56. The van der Waals surface area contributed by atoms with Crippen LogP contribution in [0, 0.1) is 5.82 Å². The van der Waals surface area contributed by atoms with Crippen molar-refractivity contribution in [2.75, 3.05) is 7.11 Å². The average molecular weight is 260 g/mol. The van der Waals surface area contributed by atoms with Crippen LogP contribution in [-0.2, 0) is 11.3 Å². The van der Waals surface area contributed by atoms with Crippen molar-refractivity contribution < 1.29 is 18.8 Å². The van der Waals surface area contributed by atoms with Crippen LogP contribution in [0.3, 0.4) is 0 Å². The van der Waals surface area contributed by atoms with E-state index in [2.05, 4.69) is 0 Å². The van der Waals surface area contributed by atoms with Crippen LogP contribution in [0.25, 0.3) is 0 Å². The molecule has 2 aromatic carbocycles. The monoisotopic (exact) mass is 260 g/mol. The fourth-order valence-electron chi connectivity index (χ4n) is 1.70. The lowest BCUT2D eigenvalue weighted by Crippen LogP contribution is -2.33. The van der Waals surface area contributed by atoms with Crippen LogP contribution in [0.15, 0.2) is 48.5 Å². The summed E-state index contributed by atoms with van der Waals surface area (Å²) in [5.41, 5.74) is 1.37. The molecule has 98 valence electrons. The number of rotatable bonds is 5. The molecule has 2 aromatic rings. The van der Waals surface area contributed by atoms with Gasteiger partial charge < -0.3 is 14.4 Å². The Hall–Kier alpha value is -1.85. The fraction of sp³-hybridized carbons (Fsp3) is 0.143. The van der Waals surface area contributed by atoms with Gasteiger partial charge >= 0.3 is 7.12 Å². The van der Waals surface area contributed by atoms with Crippen LogP contribution in [0.5, 0.6) is 5.75 Å². The molecular formula is C14H14BFO3. The zero-order chi connectivity index (χ0) is 13.7. The van der Waals surface area contributed by atoms with Crippen LogP contribution >= 0.6 is 0 Å². The van der Waals surface area contributed by atoms with Gasteiger partial charge in [0.2, 0.25) is 0 Å². The number of halogens is 1. The molecule has 0 aliphatic heterocycles. The molecular weight excluding hydrogens is 246 g/mol. The van der Waals surface area contributed by atoms with E-state index in [0.717, 1.165) is 5.56 Å². The summed E-state index contributed by atoms with van der Waals surface area (Å²) in [5.74, 6) is -0.145.